The molecule has 1 atom stereocenters. The van der Waals surface area contributed by atoms with E-state index in [2.05, 4.69) is 4.18 Å². The number of hydrogen-bond acceptors (Lipinski definition) is 5. The maximum absolute atomic E-state index is 11.0. The minimum absolute atomic E-state index is 0.0382. The van der Waals surface area contributed by atoms with Crippen molar-refractivity contribution < 1.29 is 12.6 Å². The third-order valence-electron chi connectivity index (χ3n) is 1.82. The first-order valence-corrected chi connectivity index (χ1v) is 6.46. The maximum atomic E-state index is 11.0. The van der Waals surface area contributed by atoms with Crippen molar-refractivity contribution in [1.29, 1.82) is 0 Å². The van der Waals surface area contributed by atoms with Crippen LogP contribution < -0.4 is 11.5 Å². The molecule has 0 saturated carbocycles. The van der Waals surface area contributed by atoms with Gasteiger partial charge in [-0.3, -0.25) is 4.18 Å². The van der Waals surface area contributed by atoms with Crippen LogP contribution in [0.4, 0.5) is 0 Å². The molecule has 4 N–H and O–H groups in total. The Kier molecular flexibility index (Phi) is 7.08. The van der Waals surface area contributed by atoms with Crippen LogP contribution in [0.25, 0.3) is 0 Å². The molecule has 5 nitrogen and oxygen atoms in total. The Hall–Kier alpha value is -0.170. The summed E-state index contributed by atoms with van der Waals surface area (Å²) in [6.07, 6.45) is 2.59. The fourth-order valence-corrected chi connectivity index (χ4v) is 1.58. The highest BCUT2D eigenvalue weighted by Gasteiger charge is 2.13. The van der Waals surface area contributed by atoms with Gasteiger partial charge in [-0.15, -0.1) is 0 Å². The summed E-state index contributed by atoms with van der Waals surface area (Å²) in [4.78, 5) is 0. The van der Waals surface area contributed by atoms with Crippen LogP contribution >= 0.6 is 0 Å². The normalized spacial score (nSPS) is 14.2. The van der Waals surface area contributed by atoms with Gasteiger partial charge in [-0.05, 0) is 32.7 Å². The van der Waals surface area contributed by atoms with Crippen molar-refractivity contribution in [2.24, 2.45) is 11.5 Å². The van der Waals surface area contributed by atoms with Crippen molar-refractivity contribution in [1.82, 2.24) is 0 Å². The van der Waals surface area contributed by atoms with Crippen LogP contribution in [0.3, 0.4) is 0 Å². The maximum Gasteiger partial charge on any atom is 0.268 e. The van der Waals surface area contributed by atoms with Gasteiger partial charge in [-0.25, -0.2) is 0 Å². The van der Waals surface area contributed by atoms with E-state index in [4.69, 9.17) is 11.5 Å². The lowest BCUT2D eigenvalue weighted by atomic mass is 10.2. The van der Waals surface area contributed by atoms with E-state index in [9.17, 15) is 8.42 Å². The molecule has 0 aliphatic carbocycles. The predicted molar refractivity (Wildman–Crippen MR) is 56.0 cm³/mol. The first-order chi connectivity index (χ1) is 6.52. The lowest BCUT2D eigenvalue weighted by Gasteiger charge is -2.11. The molecule has 0 heterocycles. The van der Waals surface area contributed by atoms with E-state index in [0.717, 1.165) is 19.3 Å². The molecule has 0 radical (unpaired) electrons. The average molecular weight is 224 g/mol. The second kappa shape index (κ2) is 7.17. The van der Waals surface area contributed by atoms with E-state index in [0.29, 0.717) is 13.0 Å². The lowest BCUT2D eigenvalue weighted by molar-refractivity contribution is 0.202. The highest BCUT2D eigenvalue weighted by molar-refractivity contribution is 7.86. The molecule has 0 aliphatic heterocycles. The summed E-state index contributed by atoms with van der Waals surface area (Å²) in [6, 6.07) is 0. The predicted octanol–water partition coefficient (Wildman–Crippen LogP) is 0.157. The zero-order valence-electron chi connectivity index (χ0n) is 8.61. The monoisotopic (exact) mass is 224 g/mol. The van der Waals surface area contributed by atoms with Crippen LogP contribution in [0, 0.1) is 0 Å². The van der Waals surface area contributed by atoms with Crippen molar-refractivity contribution in [3.05, 3.63) is 0 Å². The quantitative estimate of drug-likeness (QED) is 0.348. The molecule has 1 unspecified atom stereocenters. The number of unbranched alkanes of at least 4 members (excludes halogenated alkanes) is 2. The van der Waals surface area contributed by atoms with Gasteiger partial charge in [0.25, 0.3) is 10.1 Å². The van der Waals surface area contributed by atoms with Crippen molar-refractivity contribution in [3.8, 4) is 0 Å². The smallest absolute Gasteiger partial charge is 0.268 e. The molecule has 0 amide bonds. The average Bonchev–Trinajstić information content (AvgIpc) is 2.12. The third-order valence-corrected chi connectivity index (χ3v) is 3.06. The van der Waals surface area contributed by atoms with Crippen molar-refractivity contribution >= 4 is 10.1 Å². The van der Waals surface area contributed by atoms with Crippen LogP contribution in [0.15, 0.2) is 0 Å². The van der Waals surface area contributed by atoms with Crippen LogP contribution in [0.1, 0.15) is 32.6 Å². The highest BCUT2D eigenvalue weighted by Crippen LogP contribution is 2.05. The van der Waals surface area contributed by atoms with Crippen molar-refractivity contribution in [2.45, 2.75) is 38.8 Å². The first-order valence-electron chi connectivity index (χ1n) is 4.88. The Balaban J connectivity index is 3.60. The summed E-state index contributed by atoms with van der Waals surface area (Å²) in [5.41, 5.74) is 10.8. The fraction of sp³-hybridized carbons (Fsp3) is 1.00. The zero-order valence-corrected chi connectivity index (χ0v) is 9.42. The molecule has 0 aliphatic rings. The zero-order chi connectivity index (χ0) is 11.0. The largest absolute Gasteiger partial charge is 0.330 e. The summed E-state index contributed by atoms with van der Waals surface area (Å²) in [5, 5.41) is 0. The summed E-state index contributed by atoms with van der Waals surface area (Å²) < 4.78 is 26.6. The molecule has 0 aromatic heterocycles. The third kappa shape index (κ3) is 7.25. The van der Waals surface area contributed by atoms with Crippen LogP contribution in [0.5, 0.6) is 0 Å². The Morgan fingerprint density at radius 2 is 1.93 bits per heavy atom. The van der Waals surface area contributed by atoms with Crippen LogP contribution in [-0.2, 0) is 14.3 Å². The minimum Gasteiger partial charge on any atom is -0.330 e. The van der Waals surface area contributed by atoms with Gasteiger partial charge < -0.3 is 11.5 Å². The molecular weight excluding hydrogens is 204 g/mol. The Morgan fingerprint density at radius 3 is 2.43 bits per heavy atom. The van der Waals surface area contributed by atoms with Crippen molar-refractivity contribution in [2.75, 3.05) is 12.3 Å². The fourth-order valence-electron chi connectivity index (χ4n) is 0.971. The summed E-state index contributed by atoms with van der Waals surface area (Å²) in [6.45, 7) is 2.18. The van der Waals surface area contributed by atoms with Gasteiger partial charge in [0, 0.05) is 0 Å². The van der Waals surface area contributed by atoms with E-state index >= 15 is 0 Å². The molecule has 86 valence electrons. The molecule has 0 bridgehead atoms. The lowest BCUT2D eigenvalue weighted by Crippen LogP contribution is -2.27. The molecule has 0 fully saturated rings. The molecule has 0 spiro atoms. The van der Waals surface area contributed by atoms with E-state index in [1.165, 1.54) is 6.92 Å². The Morgan fingerprint density at radius 1 is 1.29 bits per heavy atom. The van der Waals surface area contributed by atoms with Gasteiger partial charge >= 0.3 is 0 Å². The summed E-state index contributed by atoms with van der Waals surface area (Å²) >= 11 is 0. The van der Waals surface area contributed by atoms with E-state index in [1.54, 1.807) is 0 Å². The van der Waals surface area contributed by atoms with Crippen molar-refractivity contribution in [3.63, 3.8) is 0 Å². The van der Waals surface area contributed by atoms with E-state index in [1.807, 2.05) is 0 Å². The molecule has 0 aromatic rings. The van der Waals surface area contributed by atoms with E-state index in [-0.39, 0.29) is 5.75 Å². The Labute approximate surface area is 85.9 Å². The van der Waals surface area contributed by atoms with E-state index < -0.39 is 16.3 Å². The van der Waals surface area contributed by atoms with Gasteiger partial charge in [-0.2, -0.15) is 8.42 Å². The van der Waals surface area contributed by atoms with Gasteiger partial charge in [0.2, 0.25) is 0 Å². The van der Waals surface area contributed by atoms with Gasteiger partial charge in [0.15, 0.2) is 0 Å². The Bertz CT molecular complexity index is 229. The molecule has 0 aromatic carbocycles. The van der Waals surface area contributed by atoms with Gasteiger partial charge in [0.1, 0.15) is 6.23 Å². The van der Waals surface area contributed by atoms with Crippen LogP contribution in [-0.4, -0.2) is 26.9 Å². The second-order valence-electron chi connectivity index (χ2n) is 3.12. The first kappa shape index (κ1) is 13.8. The SMILES string of the molecule is CCS(=O)(=O)OC(N)CCCCCN. The molecular formula is C8H20N2O3S. The number of rotatable bonds is 8. The summed E-state index contributed by atoms with van der Waals surface area (Å²) in [5.74, 6) is -0.0382. The highest BCUT2D eigenvalue weighted by atomic mass is 32.2. The number of hydrogen-bond donors (Lipinski definition) is 2. The van der Waals surface area contributed by atoms with Gasteiger partial charge in [-0.1, -0.05) is 6.42 Å². The standard InChI is InChI=1S/C8H20N2O3S/c1-2-14(11,12)13-8(10)6-4-3-5-7-9/h8H,2-7,9-10H2,1H3. The molecule has 6 heteroatoms. The topological polar surface area (TPSA) is 95.4 Å². The number of nitrogens with two attached hydrogens (primary N) is 2. The van der Waals surface area contributed by atoms with Gasteiger partial charge in [0.05, 0.1) is 5.75 Å². The molecule has 0 rings (SSSR count). The van der Waals surface area contributed by atoms with Crippen LogP contribution in [0.2, 0.25) is 0 Å². The minimum atomic E-state index is -3.41. The molecule has 14 heavy (non-hydrogen) atoms. The summed E-state index contributed by atoms with van der Waals surface area (Å²) in [7, 11) is -3.41. The molecule has 0 saturated heterocycles. The second-order valence-corrected chi connectivity index (χ2v) is 5.00.